The quantitative estimate of drug-likeness (QED) is 0.493. The number of carbonyl (C=O) groups excluding carboxylic acids is 1. The van der Waals surface area contributed by atoms with E-state index in [1.165, 1.54) is 0 Å². The molecule has 0 aliphatic heterocycles. The van der Waals surface area contributed by atoms with Crippen LogP contribution in [0.2, 0.25) is 5.02 Å². The topological polar surface area (TPSA) is 76.7 Å². The first-order chi connectivity index (χ1) is 11.4. The van der Waals surface area contributed by atoms with Gasteiger partial charge >= 0.3 is 0 Å². The average molecular weight is 346 g/mol. The van der Waals surface area contributed by atoms with E-state index < -0.39 is 6.10 Å². The Morgan fingerprint density at radius 1 is 1.21 bits per heavy atom. The van der Waals surface area contributed by atoms with Gasteiger partial charge in [-0.2, -0.15) is 0 Å². The number of aryl methyl sites for hydroxylation is 2. The van der Waals surface area contributed by atoms with Crippen LogP contribution >= 0.6 is 11.6 Å². The Morgan fingerprint density at radius 3 is 2.46 bits per heavy atom. The number of amidine groups is 1. The summed E-state index contributed by atoms with van der Waals surface area (Å²) in [4.78, 5) is 17.5. The molecule has 2 rings (SSSR count). The number of nitrogens with zero attached hydrogens (tertiary/aromatic N) is 1. The normalized spacial score (nSPS) is 12.6. The number of halogens is 1. The van der Waals surface area contributed by atoms with Crippen LogP contribution < -0.4 is 11.1 Å². The van der Waals surface area contributed by atoms with Crippen molar-refractivity contribution in [3.63, 3.8) is 0 Å². The van der Waals surface area contributed by atoms with Crippen LogP contribution in [0.3, 0.4) is 0 Å². The lowest BCUT2D eigenvalue weighted by Crippen LogP contribution is -2.28. The zero-order valence-corrected chi connectivity index (χ0v) is 14.6. The standard InChI is InChI=1S/C18H20ClN3O2/c1-11-6-4-7-12(2)16(11)21-18(23)13(3)24-22-17(20)14-8-5-9-15(19)10-14/h4-10,13H,1-3H3,(H2,20,22)(H,21,23). The predicted octanol–water partition coefficient (Wildman–Crippen LogP) is 3.62. The van der Waals surface area contributed by atoms with Gasteiger partial charge in [0.15, 0.2) is 5.84 Å². The molecule has 1 unspecified atom stereocenters. The minimum absolute atomic E-state index is 0.157. The van der Waals surface area contributed by atoms with Crippen LogP contribution in [0.4, 0.5) is 5.69 Å². The highest BCUT2D eigenvalue weighted by Crippen LogP contribution is 2.19. The zero-order valence-electron chi connectivity index (χ0n) is 13.8. The maximum atomic E-state index is 12.3. The van der Waals surface area contributed by atoms with Gasteiger partial charge in [0.2, 0.25) is 6.10 Å². The summed E-state index contributed by atoms with van der Waals surface area (Å²) >= 11 is 5.91. The number of anilines is 1. The molecule has 0 spiro atoms. The highest BCUT2D eigenvalue weighted by atomic mass is 35.5. The Bertz CT molecular complexity index is 754. The maximum Gasteiger partial charge on any atom is 0.268 e. The molecule has 0 heterocycles. The lowest BCUT2D eigenvalue weighted by atomic mass is 10.1. The molecule has 3 N–H and O–H groups in total. The van der Waals surface area contributed by atoms with Crippen LogP contribution in [0.25, 0.3) is 0 Å². The van der Waals surface area contributed by atoms with E-state index in [4.69, 9.17) is 22.2 Å². The molecule has 5 nitrogen and oxygen atoms in total. The van der Waals surface area contributed by atoms with E-state index in [0.29, 0.717) is 10.6 Å². The van der Waals surface area contributed by atoms with E-state index in [1.807, 2.05) is 32.0 Å². The lowest BCUT2D eigenvalue weighted by Gasteiger charge is -2.14. The molecule has 2 aromatic rings. The van der Waals surface area contributed by atoms with Crippen molar-refractivity contribution >= 4 is 29.0 Å². The molecule has 0 radical (unpaired) electrons. The Balaban J connectivity index is 2.02. The van der Waals surface area contributed by atoms with Gasteiger partial charge in [-0.1, -0.05) is 47.1 Å². The van der Waals surface area contributed by atoms with E-state index in [2.05, 4.69) is 10.5 Å². The van der Waals surface area contributed by atoms with E-state index in [9.17, 15) is 4.79 Å². The highest BCUT2D eigenvalue weighted by molar-refractivity contribution is 6.31. The van der Waals surface area contributed by atoms with Crippen LogP contribution in [-0.4, -0.2) is 17.8 Å². The number of hydrogen-bond acceptors (Lipinski definition) is 3. The first-order valence-electron chi connectivity index (χ1n) is 7.51. The summed E-state index contributed by atoms with van der Waals surface area (Å²) in [6, 6.07) is 12.7. The Labute approximate surface area is 146 Å². The largest absolute Gasteiger partial charge is 0.381 e. The van der Waals surface area contributed by atoms with Gasteiger partial charge in [0.05, 0.1) is 0 Å². The summed E-state index contributed by atoms with van der Waals surface area (Å²) in [5.41, 5.74) is 9.23. The molecule has 1 atom stereocenters. The Hall–Kier alpha value is -2.53. The van der Waals surface area contributed by atoms with Crippen molar-refractivity contribution in [2.24, 2.45) is 10.9 Å². The molecule has 1 amide bonds. The third-order valence-corrected chi connectivity index (χ3v) is 3.76. The monoisotopic (exact) mass is 345 g/mol. The van der Waals surface area contributed by atoms with E-state index >= 15 is 0 Å². The first-order valence-corrected chi connectivity index (χ1v) is 7.88. The smallest absolute Gasteiger partial charge is 0.268 e. The molecular formula is C18H20ClN3O2. The third-order valence-electron chi connectivity index (χ3n) is 3.53. The minimum Gasteiger partial charge on any atom is -0.381 e. The summed E-state index contributed by atoms with van der Waals surface area (Å²) in [6.45, 7) is 5.48. The third kappa shape index (κ3) is 4.49. The second-order valence-electron chi connectivity index (χ2n) is 5.49. The molecule has 0 fully saturated rings. The van der Waals surface area contributed by atoms with Gasteiger partial charge in [0, 0.05) is 16.3 Å². The molecular weight excluding hydrogens is 326 g/mol. The molecule has 6 heteroatoms. The fourth-order valence-electron chi connectivity index (χ4n) is 2.12. The zero-order chi connectivity index (χ0) is 17.7. The Kier molecular flexibility index (Phi) is 5.82. The van der Waals surface area contributed by atoms with E-state index in [-0.39, 0.29) is 11.7 Å². The van der Waals surface area contributed by atoms with Crippen LogP contribution in [-0.2, 0) is 9.63 Å². The highest BCUT2D eigenvalue weighted by Gasteiger charge is 2.16. The number of hydrogen-bond donors (Lipinski definition) is 2. The number of nitrogens with one attached hydrogen (secondary N) is 1. The second-order valence-corrected chi connectivity index (χ2v) is 5.93. The van der Waals surface area contributed by atoms with Crippen LogP contribution in [0.5, 0.6) is 0 Å². The lowest BCUT2D eigenvalue weighted by molar-refractivity contribution is -0.126. The summed E-state index contributed by atoms with van der Waals surface area (Å²) in [7, 11) is 0. The number of amides is 1. The van der Waals surface area contributed by atoms with Gasteiger partial charge < -0.3 is 15.9 Å². The second kappa shape index (κ2) is 7.84. The van der Waals surface area contributed by atoms with Gasteiger partial charge in [-0.25, -0.2) is 0 Å². The van der Waals surface area contributed by atoms with Crippen LogP contribution in [0, 0.1) is 13.8 Å². The summed E-state index contributed by atoms with van der Waals surface area (Å²) in [6.07, 6.45) is -0.790. The number of nitrogens with two attached hydrogens (primary N) is 1. The molecule has 0 bridgehead atoms. The molecule has 24 heavy (non-hydrogen) atoms. The number of rotatable bonds is 5. The fraction of sp³-hybridized carbons (Fsp3) is 0.222. The summed E-state index contributed by atoms with van der Waals surface area (Å²) in [5, 5.41) is 7.22. The van der Waals surface area contributed by atoms with Crippen molar-refractivity contribution in [3.05, 3.63) is 64.2 Å². The first kappa shape index (κ1) is 17.8. The van der Waals surface area contributed by atoms with Crippen LogP contribution in [0.15, 0.2) is 47.6 Å². The van der Waals surface area contributed by atoms with E-state index in [1.54, 1.807) is 31.2 Å². The number of para-hydroxylation sites is 1. The van der Waals surface area contributed by atoms with Crippen LogP contribution in [0.1, 0.15) is 23.6 Å². The van der Waals surface area contributed by atoms with E-state index in [0.717, 1.165) is 16.8 Å². The molecule has 126 valence electrons. The molecule has 0 aliphatic rings. The van der Waals surface area contributed by atoms with Gasteiger partial charge in [-0.05, 0) is 44.0 Å². The SMILES string of the molecule is Cc1cccc(C)c1NC(=O)C(C)O/N=C(/N)c1cccc(Cl)c1. The van der Waals surface area contributed by atoms with Gasteiger partial charge in [-0.15, -0.1) is 0 Å². The molecule has 2 aromatic carbocycles. The van der Waals surface area contributed by atoms with Crippen molar-refractivity contribution in [3.8, 4) is 0 Å². The average Bonchev–Trinajstić information content (AvgIpc) is 2.55. The van der Waals surface area contributed by atoms with Crippen molar-refractivity contribution in [2.45, 2.75) is 26.9 Å². The van der Waals surface area contributed by atoms with Gasteiger partial charge in [0.1, 0.15) is 0 Å². The molecule has 0 aliphatic carbocycles. The summed E-state index contributed by atoms with van der Waals surface area (Å²) in [5.74, 6) is -0.140. The summed E-state index contributed by atoms with van der Waals surface area (Å²) < 4.78 is 0. The maximum absolute atomic E-state index is 12.3. The predicted molar refractivity (Wildman–Crippen MR) is 97.3 cm³/mol. The number of oxime groups is 1. The molecule has 0 aromatic heterocycles. The Morgan fingerprint density at radius 2 is 1.83 bits per heavy atom. The van der Waals surface area contributed by atoms with Crippen molar-refractivity contribution in [1.82, 2.24) is 0 Å². The fourth-order valence-corrected chi connectivity index (χ4v) is 2.31. The number of benzene rings is 2. The minimum atomic E-state index is -0.790. The van der Waals surface area contributed by atoms with Gasteiger partial charge in [-0.3, -0.25) is 4.79 Å². The van der Waals surface area contributed by atoms with Crippen molar-refractivity contribution in [2.75, 3.05) is 5.32 Å². The van der Waals surface area contributed by atoms with Crippen molar-refractivity contribution < 1.29 is 9.63 Å². The molecule has 0 saturated carbocycles. The number of carbonyl (C=O) groups is 1. The van der Waals surface area contributed by atoms with Crippen molar-refractivity contribution in [1.29, 1.82) is 0 Å². The molecule has 0 saturated heterocycles. The van der Waals surface area contributed by atoms with Gasteiger partial charge in [0.25, 0.3) is 5.91 Å².